The van der Waals surface area contributed by atoms with Crippen LogP contribution in [0.5, 0.6) is 0 Å². The Morgan fingerprint density at radius 3 is 1.63 bits per heavy atom. The van der Waals surface area contributed by atoms with E-state index in [9.17, 15) is 24.6 Å². The number of aliphatic hydroxyl groups excluding tert-OH is 3. The van der Waals surface area contributed by atoms with Gasteiger partial charge in [0.1, 0.15) is 6.10 Å². The Kier molecular flexibility index (Phi) is 27.7. The molecule has 10 aliphatic rings. The first kappa shape index (κ1) is 65.7. The molecular weight excluding hydrogens is 865 g/mol. The Morgan fingerprint density at radius 2 is 1.12 bits per heavy atom. The van der Waals surface area contributed by atoms with Crippen LogP contribution in [0.15, 0.2) is 0 Å². The predicted molar refractivity (Wildman–Crippen MR) is 272 cm³/mol. The van der Waals surface area contributed by atoms with E-state index in [4.69, 9.17) is 34.0 Å². The molecule has 0 radical (unpaired) electrons. The fourth-order valence-corrected chi connectivity index (χ4v) is 16.1. The summed E-state index contributed by atoms with van der Waals surface area (Å²) in [7, 11) is 3.82. The Hall–Kier alpha value is -2.28. The molecule has 20 unspecified atom stereocenters. The molecular formula is C56H106O12. The summed E-state index contributed by atoms with van der Waals surface area (Å²) < 4.78 is 21.3. The second-order valence-corrected chi connectivity index (χ2v) is 21.7. The average Bonchev–Trinajstić information content (AvgIpc) is 4.10. The molecule has 0 aromatic carbocycles. The van der Waals surface area contributed by atoms with E-state index in [-0.39, 0.29) is 82.2 Å². The number of aliphatic hydroxyl groups is 3. The van der Waals surface area contributed by atoms with Crippen molar-refractivity contribution in [2.45, 2.75) is 206 Å². The van der Waals surface area contributed by atoms with Crippen molar-refractivity contribution >= 4 is 23.9 Å². The van der Waals surface area contributed by atoms with Crippen LogP contribution in [0.1, 0.15) is 188 Å². The lowest BCUT2D eigenvalue weighted by Gasteiger charge is -2.39. The minimum atomic E-state index is -0.873. The normalized spacial score (nSPS) is 38.2. The van der Waals surface area contributed by atoms with Crippen molar-refractivity contribution < 1.29 is 58.6 Å². The molecule has 12 heteroatoms. The van der Waals surface area contributed by atoms with Gasteiger partial charge in [-0.1, -0.05) is 64.8 Å². The molecule has 10 aliphatic carbocycles. The van der Waals surface area contributed by atoms with Crippen molar-refractivity contribution in [2.24, 2.45) is 100 Å². The Labute approximate surface area is 415 Å². The third-order valence-corrected chi connectivity index (χ3v) is 18.6. The second-order valence-electron chi connectivity index (χ2n) is 21.7. The largest absolute Gasteiger partial charge is 0.481 e. The molecule has 0 amide bonds. The fourth-order valence-electron chi connectivity index (χ4n) is 16.1. The number of hydrogen-bond acceptors (Lipinski definition) is 11. The Bertz CT molecular complexity index is 1500. The molecule has 8 bridgehead atoms. The third kappa shape index (κ3) is 13.8. The molecule has 20 atom stereocenters. The van der Waals surface area contributed by atoms with Crippen LogP contribution in [0, 0.1) is 100 Å². The van der Waals surface area contributed by atoms with E-state index in [2.05, 4.69) is 0 Å². The van der Waals surface area contributed by atoms with Crippen LogP contribution in [0.25, 0.3) is 0 Å². The lowest BCUT2D eigenvalue weighted by molar-refractivity contribution is -0.170. The van der Waals surface area contributed by atoms with Crippen LogP contribution >= 0.6 is 0 Å². The smallest absolute Gasteiger partial charge is 0.313 e. The summed E-state index contributed by atoms with van der Waals surface area (Å²) in [5.41, 5.74) is -0.873. The van der Waals surface area contributed by atoms with Crippen LogP contribution in [-0.2, 0) is 38.1 Å². The highest BCUT2D eigenvalue weighted by Crippen LogP contribution is 2.68. The number of carboxylic acids is 1. The highest BCUT2D eigenvalue weighted by atomic mass is 16.7. The van der Waals surface area contributed by atoms with E-state index < -0.39 is 41.4 Å². The molecule has 0 aromatic heterocycles. The monoisotopic (exact) mass is 971 g/mol. The molecule has 68 heavy (non-hydrogen) atoms. The zero-order valence-electron chi connectivity index (χ0n) is 39.0. The third-order valence-electron chi connectivity index (χ3n) is 18.6. The SMILES string of the molecule is C.C.C.C.C.C.C1CC2C3CCC(C3)C2C1.CC(=O)O.CCC(C)(CC(CC(C)C(=O)OC)C(=O)OC1CC2CC1C1C3CCC(C3)C21)C(=O)OCOC.CO.OC1CC2C3CCC(C3)C2C1O. The standard InChI is InChI=1S/C27H42O7.C10H16O2.C10H16.C2H4O2.CH4O.6CH4/c1-6-27(3,26(30)33-14-31-4)13-19(9-15(2)24(28)32-5)25(29)34-21-12-18-11-20(21)23-17-8-7-16(10-17)22(18)23;11-8-4-7-5-1-2-6(3-5)9(7)10(8)12;1-2-9-7-4-5-8(6-7)10(9)3-1;1-2(3)4;1-2;;;;;;/h15-23H,6-14H2,1-5H3;5-12H,1-4H2;7-10H,1-6H2;1H3,(H,3,4);2H,1H3;6*1H4. The van der Waals surface area contributed by atoms with Crippen LogP contribution in [0.3, 0.4) is 0 Å². The molecule has 4 N–H and O–H groups in total. The molecule has 10 fully saturated rings. The van der Waals surface area contributed by atoms with Gasteiger partial charge in [0, 0.05) is 21.1 Å². The van der Waals surface area contributed by atoms with Gasteiger partial charge >= 0.3 is 17.9 Å². The van der Waals surface area contributed by atoms with Gasteiger partial charge in [0.25, 0.3) is 5.97 Å². The van der Waals surface area contributed by atoms with Crippen molar-refractivity contribution in [3.8, 4) is 0 Å². The topological polar surface area (TPSA) is 186 Å². The van der Waals surface area contributed by atoms with Crippen molar-refractivity contribution in [1.29, 1.82) is 0 Å². The Balaban J connectivity index is 0.00000108. The minimum absolute atomic E-state index is 0. The van der Waals surface area contributed by atoms with E-state index in [1.165, 1.54) is 82.8 Å². The van der Waals surface area contributed by atoms with Gasteiger partial charge in [0.2, 0.25) is 0 Å². The maximum Gasteiger partial charge on any atom is 0.313 e. The van der Waals surface area contributed by atoms with Crippen LogP contribution < -0.4 is 0 Å². The lowest BCUT2D eigenvalue weighted by atomic mass is 9.70. The van der Waals surface area contributed by atoms with Crippen molar-refractivity contribution in [3.63, 3.8) is 0 Å². The summed E-state index contributed by atoms with van der Waals surface area (Å²) in [5, 5.41) is 33.7. The maximum atomic E-state index is 13.6. The van der Waals surface area contributed by atoms with Crippen LogP contribution in [-0.4, -0.2) is 90.7 Å². The number of rotatable bonds is 11. The zero-order valence-corrected chi connectivity index (χ0v) is 39.0. The van der Waals surface area contributed by atoms with Crippen LogP contribution in [0.4, 0.5) is 0 Å². The molecule has 0 heterocycles. The van der Waals surface area contributed by atoms with Gasteiger partial charge in [-0.25, -0.2) is 0 Å². The lowest BCUT2D eigenvalue weighted by Crippen LogP contribution is -2.40. The molecule has 0 aliphatic heterocycles. The van der Waals surface area contributed by atoms with Gasteiger partial charge in [-0.05, 0) is 199 Å². The first-order chi connectivity index (χ1) is 29.7. The summed E-state index contributed by atoms with van der Waals surface area (Å²) in [4.78, 5) is 47.5. The highest BCUT2D eigenvalue weighted by Gasteiger charge is 2.63. The van der Waals surface area contributed by atoms with E-state index in [1.54, 1.807) is 45.4 Å². The minimum Gasteiger partial charge on any atom is -0.481 e. The van der Waals surface area contributed by atoms with Gasteiger partial charge in [0.05, 0.1) is 36.6 Å². The first-order valence-corrected chi connectivity index (χ1v) is 24.6. The summed E-state index contributed by atoms with van der Waals surface area (Å²) in [5.74, 6) is 9.06. The van der Waals surface area contributed by atoms with E-state index in [0.29, 0.717) is 30.1 Å². The van der Waals surface area contributed by atoms with Gasteiger partial charge in [0.15, 0.2) is 6.79 Å². The first-order valence-electron chi connectivity index (χ1n) is 24.6. The van der Waals surface area contributed by atoms with E-state index >= 15 is 0 Å². The molecule has 12 nitrogen and oxygen atoms in total. The Morgan fingerprint density at radius 1 is 0.632 bits per heavy atom. The van der Waals surface area contributed by atoms with Gasteiger partial charge in [-0.2, -0.15) is 0 Å². The number of ether oxygens (including phenoxy) is 4. The fraction of sp³-hybridized carbons (Fsp3) is 0.929. The molecule has 0 saturated heterocycles. The number of carbonyl (C=O) groups is 4. The number of carbonyl (C=O) groups excluding carboxylic acids is 3. The van der Waals surface area contributed by atoms with Crippen molar-refractivity contribution in [3.05, 3.63) is 0 Å². The molecule has 402 valence electrons. The van der Waals surface area contributed by atoms with Gasteiger partial charge in [-0.3, -0.25) is 19.2 Å². The summed E-state index contributed by atoms with van der Waals surface area (Å²) >= 11 is 0. The molecule has 10 saturated carbocycles. The quantitative estimate of drug-likeness (QED) is 0.0665. The summed E-state index contributed by atoms with van der Waals surface area (Å²) in [6.45, 7) is 6.44. The molecule has 0 spiro atoms. The van der Waals surface area contributed by atoms with E-state index in [1.807, 2.05) is 13.8 Å². The number of methoxy groups -OCH3 is 2. The van der Waals surface area contributed by atoms with Gasteiger partial charge < -0.3 is 39.4 Å². The predicted octanol–water partition coefficient (Wildman–Crippen LogP) is 11.5. The number of carboxylic acid groups (broad SMARTS) is 1. The molecule has 0 aromatic rings. The number of esters is 3. The van der Waals surface area contributed by atoms with Crippen LogP contribution in [0.2, 0.25) is 0 Å². The molecule has 10 rings (SSSR count). The van der Waals surface area contributed by atoms with Gasteiger partial charge in [-0.15, -0.1) is 0 Å². The number of hydrogen-bond donors (Lipinski definition) is 4. The summed E-state index contributed by atoms with van der Waals surface area (Å²) in [6, 6.07) is 0. The van der Waals surface area contributed by atoms with Crippen molar-refractivity contribution in [1.82, 2.24) is 0 Å². The maximum absolute atomic E-state index is 13.6. The zero-order chi connectivity index (χ0) is 45.0. The average molecular weight is 971 g/mol. The number of fused-ring (bicyclic) bond motifs is 19. The highest BCUT2D eigenvalue weighted by molar-refractivity contribution is 5.79. The van der Waals surface area contributed by atoms with Crippen molar-refractivity contribution in [2.75, 3.05) is 28.1 Å². The number of aliphatic carboxylic acids is 1. The second kappa shape index (κ2) is 28.7. The van der Waals surface area contributed by atoms with E-state index in [0.717, 1.165) is 62.4 Å². The summed E-state index contributed by atoms with van der Waals surface area (Å²) in [6.07, 6.45) is 20.9.